The monoisotopic (exact) mass is 273 g/mol. The Morgan fingerprint density at radius 1 is 1.30 bits per heavy atom. The summed E-state index contributed by atoms with van der Waals surface area (Å²) in [7, 11) is 0. The van der Waals surface area contributed by atoms with Crippen molar-refractivity contribution in [3.8, 4) is 0 Å². The number of anilines is 1. The van der Waals surface area contributed by atoms with Gasteiger partial charge in [-0.25, -0.2) is 4.98 Å². The van der Waals surface area contributed by atoms with Gasteiger partial charge in [0.2, 0.25) is 5.91 Å². The molecule has 106 valence electrons. The number of likely N-dealkylation sites (tertiary alicyclic amines) is 1. The maximum atomic E-state index is 12.4. The number of pyridine rings is 1. The predicted molar refractivity (Wildman–Crippen MR) is 75.1 cm³/mol. The van der Waals surface area contributed by atoms with E-state index in [-0.39, 0.29) is 24.3 Å². The van der Waals surface area contributed by atoms with Crippen LogP contribution in [-0.4, -0.2) is 33.8 Å². The second-order valence-corrected chi connectivity index (χ2v) is 5.66. The Kier molecular flexibility index (Phi) is 3.42. The number of carbonyl (C=O) groups is 2. The third-order valence-corrected chi connectivity index (χ3v) is 4.11. The van der Waals surface area contributed by atoms with Crippen LogP contribution in [0.3, 0.4) is 0 Å². The van der Waals surface area contributed by atoms with Crippen molar-refractivity contribution in [2.24, 2.45) is 0 Å². The second kappa shape index (κ2) is 5.23. The Morgan fingerprint density at radius 3 is 2.75 bits per heavy atom. The molecule has 5 nitrogen and oxygen atoms in total. The number of carbonyl (C=O) groups excluding carboxylic acids is 2. The van der Waals surface area contributed by atoms with Gasteiger partial charge in [0.05, 0.1) is 6.42 Å². The van der Waals surface area contributed by atoms with Crippen LogP contribution in [-0.2, 0) is 9.59 Å². The maximum absolute atomic E-state index is 12.4. The van der Waals surface area contributed by atoms with Gasteiger partial charge in [-0.15, -0.1) is 0 Å². The molecular weight excluding hydrogens is 254 g/mol. The number of aryl methyl sites for hydroxylation is 1. The van der Waals surface area contributed by atoms with Crippen molar-refractivity contribution in [1.82, 2.24) is 9.88 Å². The normalized spacial score (nSPS) is 23.6. The lowest BCUT2D eigenvalue weighted by Crippen LogP contribution is -2.41. The summed E-state index contributed by atoms with van der Waals surface area (Å²) >= 11 is 0. The molecule has 0 radical (unpaired) electrons. The van der Waals surface area contributed by atoms with Crippen molar-refractivity contribution < 1.29 is 9.59 Å². The quantitative estimate of drug-likeness (QED) is 0.854. The molecule has 1 aromatic rings. The van der Waals surface area contributed by atoms with Crippen molar-refractivity contribution in [3.05, 3.63) is 23.9 Å². The van der Waals surface area contributed by atoms with E-state index in [2.05, 4.69) is 10.3 Å². The van der Waals surface area contributed by atoms with E-state index in [1.54, 1.807) is 6.20 Å². The Labute approximate surface area is 118 Å². The fourth-order valence-corrected chi connectivity index (χ4v) is 3.10. The van der Waals surface area contributed by atoms with E-state index in [0.29, 0.717) is 5.82 Å². The molecule has 1 atom stereocenters. The molecular formula is C15H19N3O2. The van der Waals surface area contributed by atoms with E-state index in [9.17, 15) is 9.59 Å². The third kappa shape index (κ3) is 2.40. The van der Waals surface area contributed by atoms with Gasteiger partial charge in [-0.2, -0.15) is 0 Å². The Morgan fingerprint density at radius 2 is 2.05 bits per heavy atom. The van der Waals surface area contributed by atoms with Gasteiger partial charge in [-0.1, -0.05) is 12.8 Å². The zero-order valence-electron chi connectivity index (χ0n) is 11.6. The molecule has 0 spiro atoms. The van der Waals surface area contributed by atoms with Crippen LogP contribution in [0.5, 0.6) is 0 Å². The van der Waals surface area contributed by atoms with Crippen LogP contribution in [0, 0.1) is 6.92 Å². The van der Waals surface area contributed by atoms with Crippen molar-refractivity contribution >= 4 is 17.6 Å². The van der Waals surface area contributed by atoms with Crippen LogP contribution < -0.4 is 5.32 Å². The van der Waals surface area contributed by atoms with Gasteiger partial charge < -0.3 is 5.32 Å². The lowest BCUT2D eigenvalue weighted by Gasteiger charge is -2.22. The first-order chi connectivity index (χ1) is 9.65. The molecule has 1 saturated carbocycles. The van der Waals surface area contributed by atoms with Crippen LogP contribution in [0.1, 0.15) is 37.7 Å². The molecule has 2 amide bonds. The lowest BCUT2D eigenvalue weighted by molar-refractivity contribution is -0.141. The fourth-order valence-electron chi connectivity index (χ4n) is 3.10. The zero-order chi connectivity index (χ0) is 14.1. The summed E-state index contributed by atoms with van der Waals surface area (Å²) in [5.41, 5.74) is 1.08. The summed E-state index contributed by atoms with van der Waals surface area (Å²) in [6.45, 7) is 1.97. The van der Waals surface area contributed by atoms with Gasteiger partial charge in [0.15, 0.2) is 0 Å². The number of aromatic nitrogens is 1. The third-order valence-electron chi connectivity index (χ3n) is 4.11. The van der Waals surface area contributed by atoms with Gasteiger partial charge in [-0.3, -0.25) is 14.5 Å². The number of hydrogen-bond donors (Lipinski definition) is 1. The molecule has 1 N–H and O–H groups in total. The predicted octanol–water partition coefficient (Wildman–Crippen LogP) is 1.87. The average molecular weight is 273 g/mol. The van der Waals surface area contributed by atoms with Crippen LogP contribution >= 0.6 is 0 Å². The fraction of sp³-hybridized carbons (Fsp3) is 0.533. The number of amides is 2. The summed E-state index contributed by atoms with van der Waals surface area (Å²) in [5, 5.41) is 3.09. The van der Waals surface area contributed by atoms with Crippen molar-refractivity contribution in [2.45, 2.75) is 51.1 Å². The van der Waals surface area contributed by atoms with Gasteiger partial charge in [0, 0.05) is 12.2 Å². The SMILES string of the molecule is Cc1ccnc(NC2CC(=O)N(C3CCCC3)C2=O)c1. The summed E-state index contributed by atoms with van der Waals surface area (Å²) < 4.78 is 0. The molecule has 2 heterocycles. The van der Waals surface area contributed by atoms with E-state index < -0.39 is 6.04 Å². The molecule has 1 aliphatic carbocycles. The van der Waals surface area contributed by atoms with Gasteiger partial charge in [0.25, 0.3) is 5.91 Å². The van der Waals surface area contributed by atoms with Gasteiger partial charge in [-0.05, 0) is 37.5 Å². The number of hydrogen-bond acceptors (Lipinski definition) is 4. The van der Waals surface area contributed by atoms with Crippen molar-refractivity contribution in [1.29, 1.82) is 0 Å². The van der Waals surface area contributed by atoms with Crippen molar-refractivity contribution in [3.63, 3.8) is 0 Å². The molecule has 0 bridgehead atoms. The Bertz CT molecular complexity index is 538. The minimum Gasteiger partial charge on any atom is -0.358 e. The van der Waals surface area contributed by atoms with Crippen LogP contribution in [0.25, 0.3) is 0 Å². The minimum absolute atomic E-state index is 0.0490. The largest absolute Gasteiger partial charge is 0.358 e. The Balaban J connectivity index is 1.72. The van der Waals surface area contributed by atoms with E-state index in [1.807, 2.05) is 19.1 Å². The summed E-state index contributed by atoms with van der Waals surface area (Å²) in [6, 6.07) is 3.44. The molecule has 3 rings (SSSR count). The number of nitrogens with zero attached hydrogens (tertiary/aromatic N) is 2. The molecule has 1 aromatic heterocycles. The molecule has 1 aliphatic heterocycles. The van der Waals surface area contributed by atoms with Crippen LogP contribution in [0.2, 0.25) is 0 Å². The van der Waals surface area contributed by atoms with E-state index in [4.69, 9.17) is 0 Å². The minimum atomic E-state index is -0.461. The first kappa shape index (κ1) is 13.1. The van der Waals surface area contributed by atoms with Crippen LogP contribution in [0.15, 0.2) is 18.3 Å². The summed E-state index contributed by atoms with van der Waals surface area (Å²) in [4.78, 5) is 30.2. The number of nitrogens with one attached hydrogen (secondary N) is 1. The maximum Gasteiger partial charge on any atom is 0.252 e. The molecule has 2 fully saturated rings. The highest BCUT2D eigenvalue weighted by Gasteiger charge is 2.43. The Hall–Kier alpha value is -1.91. The second-order valence-electron chi connectivity index (χ2n) is 5.66. The molecule has 0 aromatic carbocycles. The van der Waals surface area contributed by atoms with E-state index in [0.717, 1.165) is 31.2 Å². The molecule has 5 heteroatoms. The van der Waals surface area contributed by atoms with E-state index in [1.165, 1.54) is 4.90 Å². The van der Waals surface area contributed by atoms with E-state index >= 15 is 0 Å². The van der Waals surface area contributed by atoms with Crippen molar-refractivity contribution in [2.75, 3.05) is 5.32 Å². The number of rotatable bonds is 3. The average Bonchev–Trinajstić information content (AvgIpc) is 2.99. The molecule has 2 aliphatic rings. The highest BCUT2D eigenvalue weighted by molar-refractivity contribution is 6.07. The smallest absolute Gasteiger partial charge is 0.252 e. The summed E-state index contributed by atoms with van der Waals surface area (Å²) in [5.74, 6) is 0.515. The molecule has 20 heavy (non-hydrogen) atoms. The van der Waals surface area contributed by atoms with Gasteiger partial charge >= 0.3 is 0 Å². The van der Waals surface area contributed by atoms with Gasteiger partial charge in [0.1, 0.15) is 11.9 Å². The lowest BCUT2D eigenvalue weighted by atomic mass is 10.2. The first-order valence-corrected chi connectivity index (χ1v) is 7.20. The highest BCUT2D eigenvalue weighted by atomic mass is 16.2. The molecule has 1 unspecified atom stereocenters. The topological polar surface area (TPSA) is 62.3 Å². The summed E-state index contributed by atoms with van der Waals surface area (Å²) in [6.07, 6.45) is 6.07. The number of imide groups is 1. The highest BCUT2D eigenvalue weighted by Crippen LogP contribution is 2.29. The first-order valence-electron chi connectivity index (χ1n) is 7.20. The zero-order valence-corrected chi connectivity index (χ0v) is 11.6. The molecule has 1 saturated heterocycles. The standard InChI is InChI=1S/C15H19N3O2/c1-10-6-7-16-13(8-10)17-12-9-14(19)18(15(12)20)11-4-2-3-5-11/h6-8,11-12H,2-5,9H2,1H3,(H,16,17). The van der Waals surface area contributed by atoms with Crippen LogP contribution in [0.4, 0.5) is 5.82 Å².